The first-order valence-corrected chi connectivity index (χ1v) is 5.50. The number of aryl methyl sites for hydroxylation is 1. The van der Waals surface area contributed by atoms with Crippen LogP contribution >= 0.6 is 0 Å². The number of nitrogens with zero attached hydrogens (tertiary/aromatic N) is 4. The summed E-state index contributed by atoms with van der Waals surface area (Å²) in [5, 5.41) is 5.54. The van der Waals surface area contributed by atoms with E-state index < -0.39 is 0 Å². The molecule has 6 nitrogen and oxygen atoms in total. The summed E-state index contributed by atoms with van der Waals surface area (Å²) < 4.78 is 5.07. The standard InChI is InChI=1S/C11H12N4O2/c1-8-13-11(17-14-8)9-3-4-10(12-7-9)15-5-2-6-16-15/h3-4,7H,2,5-6H2,1H3. The zero-order valence-corrected chi connectivity index (χ0v) is 9.46. The second-order valence-electron chi connectivity index (χ2n) is 3.84. The van der Waals surface area contributed by atoms with Gasteiger partial charge in [0.25, 0.3) is 5.89 Å². The summed E-state index contributed by atoms with van der Waals surface area (Å²) in [6.07, 6.45) is 2.75. The average Bonchev–Trinajstić information content (AvgIpc) is 3.00. The van der Waals surface area contributed by atoms with Crippen LogP contribution in [0.3, 0.4) is 0 Å². The number of rotatable bonds is 2. The topological polar surface area (TPSA) is 64.3 Å². The van der Waals surface area contributed by atoms with Crippen molar-refractivity contribution in [3.05, 3.63) is 24.2 Å². The molecular weight excluding hydrogens is 220 g/mol. The van der Waals surface area contributed by atoms with Crippen LogP contribution in [0.4, 0.5) is 5.82 Å². The van der Waals surface area contributed by atoms with Gasteiger partial charge in [0.1, 0.15) is 0 Å². The predicted octanol–water partition coefficient (Wildman–Crippen LogP) is 1.58. The van der Waals surface area contributed by atoms with Crippen molar-refractivity contribution in [1.82, 2.24) is 15.1 Å². The number of hydroxylamine groups is 1. The van der Waals surface area contributed by atoms with Crippen molar-refractivity contribution in [2.45, 2.75) is 13.3 Å². The Bertz CT molecular complexity index is 502. The summed E-state index contributed by atoms with van der Waals surface area (Å²) in [5.41, 5.74) is 0.813. The molecule has 17 heavy (non-hydrogen) atoms. The van der Waals surface area contributed by atoms with Crippen LogP contribution in [0.15, 0.2) is 22.9 Å². The Labute approximate surface area is 98.2 Å². The van der Waals surface area contributed by atoms with E-state index in [2.05, 4.69) is 15.1 Å². The minimum absolute atomic E-state index is 0.490. The maximum absolute atomic E-state index is 5.41. The summed E-state index contributed by atoms with van der Waals surface area (Å²) in [6, 6.07) is 3.79. The number of pyridine rings is 1. The third-order valence-electron chi connectivity index (χ3n) is 2.53. The Hall–Kier alpha value is -1.95. The SMILES string of the molecule is Cc1noc(-c2ccc(N3CCCO3)nc2)n1. The molecule has 0 aliphatic carbocycles. The average molecular weight is 232 g/mol. The molecule has 1 aliphatic heterocycles. The van der Waals surface area contributed by atoms with Gasteiger partial charge in [0.2, 0.25) is 0 Å². The summed E-state index contributed by atoms with van der Waals surface area (Å²) in [6.45, 7) is 3.42. The van der Waals surface area contributed by atoms with Crippen molar-refractivity contribution in [1.29, 1.82) is 0 Å². The third-order valence-corrected chi connectivity index (χ3v) is 2.53. The van der Waals surface area contributed by atoms with Gasteiger partial charge in [-0.15, -0.1) is 0 Å². The Morgan fingerprint density at radius 2 is 2.29 bits per heavy atom. The highest BCUT2D eigenvalue weighted by atomic mass is 16.7. The summed E-state index contributed by atoms with van der Waals surface area (Å²) in [4.78, 5) is 13.9. The van der Waals surface area contributed by atoms with Crippen molar-refractivity contribution in [3.8, 4) is 11.5 Å². The maximum Gasteiger partial charge on any atom is 0.259 e. The van der Waals surface area contributed by atoms with Gasteiger partial charge in [0.05, 0.1) is 12.2 Å². The highest BCUT2D eigenvalue weighted by Crippen LogP contribution is 2.21. The fourth-order valence-electron chi connectivity index (χ4n) is 1.70. The molecule has 0 unspecified atom stereocenters. The highest BCUT2D eigenvalue weighted by molar-refractivity contribution is 5.54. The van der Waals surface area contributed by atoms with Crippen molar-refractivity contribution in [3.63, 3.8) is 0 Å². The minimum Gasteiger partial charge on any atom is -0.334 e. The first kappa shape index (κ1) is 10.2. The smallest absolute Gasteiger partial charge is 0.259 e. The van der Waals surface area contributed by atoms with Gasteiger partial charge in [-0.1, -0.05) is 5.16 Å². The van der Waals surface area contributed by atoms with E-state index in [9.17, 15) is 0 Å². The molecule has 0 bridgehead atoms. The van der Waals surface area contributed by atoms with Crippen LogP contribution in [-0.4, -0.2) is 28.3 Å². The Balaban J connectivity index is 1.84. The van der Waals surface area contributed by atoms with Gasteiger partial charge in [-0.2, -0.15) is 4.98 Å². The number of anilines is 1. The number of aromatic nitrogens is 3. The lowest BCUT2D eigenvalue weighted by atomic mass is 10.3. The molecule has 0 aromatic carbocycles. The van der Waals surface area contributed by atoms with Crippen molar-refractivity contribution in [2.75, 3.05) is 18.2 Å². The number of hydrogen-bond acceptors (Lipinski definition) is 6. The van der Waals surface area contributed by atoms with E-state index in [1.54, 1.807) is 18.2 Å². The molecule has 0 saturated carbocycles. The van der Waals surface area contributed by atoms with Gasteiger partial charge in [0, 0.05) is 12.7 Å². The quantitative estimate of drug-likeness (QED) is 0.783. The first-order chi connectivity index (χ1) is 8.33. The number of hydrogen-bond donors (Lipinski definition) is 0. The molecule has 0 radical (unpaired) electrons. The first-order valence-electron chi connectivity index (χ1n) is 5.50. The maximum atomic E-state index is 5.41. The molecule has 6 heteroatoms. The van der Waals surface area contributed by atoms with Gasteiger partial charge < -0.3 is 4.52 Å². The van der Waals surface area contributed by atoms with Crippen molar-refractivity contribution < 1.29 is 9.36 Å². The molecule has 0 amide bonds. The van der Waals surface area contributed by atoms with E-state index in [0.717, 1.165) is 31.0 Å². The predicted molar refractivity (Wildman–Crippen MR) is 60.2 cm³/mol. The molecule has 88 valence electrons. The van der Waals surface area contributed by atoms with E-state index in [0.29, 0.717) is 11.7 Å². The monoisotopic (exact) mass is 232 g/mol. The van der Waals surface area contributed by atoms with Crippen LogP contribution in [0.2, 0.25) is 0 Å². The molecule has 0 spiro atoms. The van der Waals surface area contributed by atoms with Gasteiger partial charge in [-0.05, 0) is 25.5 Å². The van der Waals surface area contributed by atoms with Crippen LogP contribution < -0.4 is 5.06 Å². The fourth-order valence-corrected chi connectivity index (χ4v) is 1.70. The van der Waals surface area contributed by atoms with Gasteiger partial charge >= 0.3 is 0 Å². The van der Waals surface area contributed by atoms with E-state index >= 15 is 0 Å². The normalized spacial score (nSPS) is 15.5. The van der Waals surface area contributed by atoms with Gasteiger partial charge in [-0.3, -0.25) is 4.84 Å². The molecule has 1 saturated heterocycles. The van der Waals surface area contributed by atoms with Crippen LogP contribution in [0.25, 0.3) is 11.5 Å². The summed E-state index contributed by atoms with van der Waals surface area (Å²) in [5.74, 6) is 1.92. The zero-order valence-electron chi connectivity index (χ0n) is 9.46. The van der Waals surface area contributed by atoms with Crippen LogP contribution in [0.5, 0.6) is 0 Å². The summed E-state index contributed by atoms with van der Waals surface area (Å²) in [7, 11) is 0. The van der Waals surface area contributed by atoms with Crippen LogP contribution in [0.1, 0.15) is 12.2 Å². The van der Waals surface area contributed by atoms with E-state index in [4.69, 9.17) is 9.36 Å². The second kappa shape index (κ2) is 4.14. The summed E-state index contributed by atoms with van der Waals surface area (Å²) >= 11 is 0. The molecule has 0 N–H and O–H groups in total. The zero-order chi connectivity index (χ0) is 11.7. The molecule has 2 aromatic rings. The molecule has 1 fully saturated rings. The lowest BCUT2D eigenvalue weighted by molar-refractivity contribution is 0.166. The highest BCUT2D eigenvalue weighted by Gasteiger charge is 2.15. The van der Waals surface area contributed by atoms with E-state index in [-0.39, 0.29) is 0 Å². The van der Waals surface area contributed by atoms with E-state index in [1.807, 2.05) is 12.1 Å². The molecule has 3 heterocycles. The van der Waals surface area contributed by atoms with Crippen molar-refractivity contribution in [2.24, 2.45) is 0 Å². The molecule has 1 aliphatic rings. The third kappa shape index (κ3) is 1.99. The Morgan fingerprint density at radius 1 is 1.35 bits per heavy atom. The lowest BCUT2D eigenvalue weighted by Gasteiger charge is -2.14. The fraction of sp³-hybridized carbons (Fsp3) is 0.364. The largest absolute Gasteiger partial charge is 0.334 e. The van der Waals surface area contributed by atoms with Crippen molar-refractivity contribution >= 4 is 5.82 Å². The molecule has 2 aromatic heterocycles. The Kier molecular flexibility index (Phi) is 2.49. The van der Waals surface area contributed by atoms with Crippen LogP contribution in [-0.2, 0) is 4.84 Å². The van der Waals surface area contributed by atoms with Gasteiger partial charge in [0.15, 0.2) is 11.6 Å². The molecule has 3 rings (SSSR count). The second-order valence-corrected chi connectivity index (χ2v) is 3.84. The van der Waals surface area contributed by atoms with E-state index in [1.165, 1.54) is 0 Å². The Morgan fingerprint density at radius 3 is 2.88 bits per heavy atom. The molecular formula is C11H12N4O2. The van der Waals surface area contributed by atoms with Crippen LogP contribution in [0, 0.1) is 6.92 Å². The molecule has 0 atom stereocenters. The minimum atomic E-state index is 0.490. The van der Waals surface area contributed by atoms with Gasteiger partial charge in [-0.25, -0.2) is 10.0 Å². The lowest BCUT2D eigenvalue weighted by Crippen LogP contribution is -2.17.